The van der Waals surface area contributed by atoms with E-state index >= 15 is 0 Å². The lowest BCUT2D eigenvalue weighted by Gasteiger charge is -2.35. The highest BCUT2D eigenvalue weighted by Crippen LogP contribution is 2.31. The number of rotatable bonds is 2. The second kappa shape index (κ2) is 6.02. The molecular formula is C17H22N4O2. The number of likely N-dealkylation sites (tertiary alicyclic amines) is 1. The van der Waals surface area contributed by atoms with Crippen molar-refractivity contribution in [2.45, 2.75) is 39.2 Å². The van der Waals surface area contributed by atoms with E-state index < -0.39 is 0 Å². The highest BCUT2D eigenvalue weighted by atomic mass is 16.2. The van der Waals surface area contributed by atoms with Gasteiger partial charge >= 0.3 is 0 Å². The first-order chi connectivity index (χ1) is 11.0. The normalized spacial score (nSPS) is 18.2. The van der Waals surface area contributed by atoms with Crippen molar-refractivity contribution in [3.05, 3.63) is 51.2 Å². The third kappa shape index (κ3) is 2.93. The lowest BCUT2D eigenvalue weighted by Crippen LogP contribution is -2.41. The predicted molar refractivity (Wildman–Crippen MR) is 87.4 cm³/mol. The molecule has 0 radical (unpaired) electrons. The van der Waals surface area contributed by atoms with Gasteiger partial charge in [0.25, 0.3) is 11.5 Å². The lowest BCUT2D eigenvalue weighted by molar-refractivity contribution is 0.0602. The maximum absolute atomic E-state index is 13.0. The van der Waals surface area contributed by atoms with Crippen LogP contribution in [0.4, 0.5) is 0 Å². The minimum atomic E-state index is -0.308. The van der Waals surface area contributed by atoms with E-state index in [9.17, 15) is 9.59 Å². The Morgan fingerprint density at radius 2 is 2.13 bits per heavy atom. The molecule has 3 rings (SSSR count). The highest BCUT2D eigenvalue weighted by molar-refractivity contribution is 5.95. The van der Waals surface area contributed by atoms with Crippen LogP contribution in [0.2, 0.25) is 0 Å². The van der Waals surface area contributed by atoms with Gasteiger partial charge in [0.05, 0.1) is 11.7 Å². The number of nitrogens with zero attached hydrogens (tertiary/aromatic N) is 3. The van der Waals surface area contributed by atoms with Gasteiger partial charge in [-0.15, -0.1) is 0 Å². The molecule has 1 aliphatic heterocycles. The van der Waals surface area contributed by atoms with Gasteiger partial charge in [0, 0.05) is 25.5 Å². The second-order valence-electron chi connectivity index (χ2n) is 6.26. The molecule has 1 N–H and O–H groups in total. The minimum Gasteiger partial charge on any atom is -0.330 e. The first-order valence-corrected chi connectivity index (χ1v) is 7.98. The summed E-state index contributed by atoms with van der Waals surface area (Å²) in [6.45, 7) is 4.29. The molecule has 23 heavy (non-hydrogen) atoms. The molecule has 0 saturated carbocycles. The number of H-pyrrole nitrogens is 1. The average Bonchev–Trinajstić information content (AvgIpc) is 2.92. The van der Waals surface area contributed by atoms with Gasteiger partial charge in [0.1, 0.15) is 5.56 Å². The molecule has 0 unspecified atom stereocenters. The molecule has 2 aromatic rings. The first kappa shape index (κ1) is 15.5. The zero-order valence-corrected chi connectivity index (χ0v) is 13.8. The standard InChI is InChI=1S/C17H22N4O2/c1-11-10-12(2)18-16(22)15(11)17(23)21-8-5-4-6-14(21)13-7-9-20(3)19-13/h7,9-10,14H,4-6,8H2,1-3H3,(H,18,22)/t14-/m0/s1. The Hall–Kier alpha value is -2.37. The third-order valence-corrected chi connectivity index (χ3v) is 4.42. The highest BCUT2D eigenvalue weighted by Gasteiger charge is 2.32. The van der Waals surface area contributed by atoms with Gasteiger partial charge in [-0.25, -0.2) is 0 Å². The third-order valence-electron chi connectivity index (χ3n) is 4.42. The fraction of sp³-hybridized carbons (Fsp3) is 0.471. The molecular weight excluding hydrogens is 292 g/mol. The summed E-state index contributed by atoms with van der Waals surface area (Å²) < 4.78 is 1.75. The Morgan fingerprint density at radius 1 is 1.35 bits per heavy atom. The van der Waals surface area contributed by atoms with E-state index in [2.05, 4.69) is 10.1 Å². The van der Waals surface area contributed by atoms with Crippen molar-refractivity contribution in [1.29, 1.82) is 0 Å². The molecule has 1 fully saturated rings. The summed E-state index contributed by atoms with van der Waals surface area (Å²) in [6.07, 6.45) is 4.79. The number of piperidine rings is 1. The van der Waals surface area contributed by atoms with Crippen LogP contribution in [0.25, 0.3) is 0 Å². The van der Waals surface area contributed by atoms with Crippen LogP contribution in [0.1, 0.15) is 52.6 Å². The molecule has 122 valence electrons. The molecule has 6 heteroatoms. The van der Waals surface area contributed by atoms with Gasteiger partial charge < -0.3 is 9.88 Å². The maximum Gasteiger partial charge on any atom is 0.261 e. The van der Waals surface area contributed by atoms with Crippen LogP contribution in [0, 0.1) is 13.8 Å². The number of aryl methyl sites for hydroxylation is 3. The Kier molecular flexibility index (Phi) is 4.07. The van der Waals surface area contributed by atoms with E-state index in [4.69, 9.17) is 0 Å². The number of pyridine rings is 1. The fourth-order valence-corrected chi connectivity index (χ4v) is 3.36. The van der Waals surface area contributed by atoms with Crippen molar-refractivity contribution in [2.24, 2.45) is 7.05 Å². The molecule has 0 aliphatic carbocycles. The Bertz CT molecular complexity index is 790. The van der Waals surface area contributed by atoms with Crippen molar-refractivity contribution < 1.29 is 4.79 Å². The van der Waals surface area contributed by atoms with Gasteiger partial charge in [-0.3, -0.25) is 14.3 Å². The van der Waals surface area contributed by atoms with E-state index in [1.165, 1.54) is 0 Å². The molecule has 1 amide bonds. The van der Waals surface area contributed by atoms with E-state index in [-0.39, 0.29) is 23.1 Å². The topological polar surface area (TPSA) is 71.0 Å². The average molecular weight is 314 g/mol. The Balaban J connectivity index is 1.98. The number of carbonyl (C=O) groups excluding carboxylic acids is 1. The van der Waals surface area contributed by atoms with Gasteiger partial charge in [-0.05, 0) is 50.8 Å². The summed E-state index contributed by atoms with van der Waals surface area (Å²) in [6, 6.07) is 3.73. The summed E-state index contributed by atoms with van der Waals surface area (Å²) in [7, 11) is 1.87. The van der Waals surface area contributed by atoms with Crippen LogP contribution in [0.5, 0.6) is 0 Å². The molecule has 0 bridgehead atoms. The first-order valence-electron chi connectivity index (χ1n) is 7.98. The van der Waals surface area contributed by atoms with Crippen molar-refractivity contribution in [1.82, 2.24) is 19.7 Å². The van der Waals surface area contributed by atoms with Crippen LogP contribution in [-0.2, 0) is 7.05 Å². The van der Waals surface area contributed by atoms with Gasteiger partial charge in [-0.1, -0.05) is 0 Å². The van der Waals surface area contributed by atoms with Crippen LogP contribution < -0.4 is 5.56 Å². The molecule has 0 aromatic carbocycles. The van der Waals surface area contributed by atoms with Crippen LogP contribution in [-0.4, -0.2) is 32.1 Å². The van der Waals surface area contributed by atoms with Crippen molar-refractivity contribution in [3.8, 4) is 0 Å². The largest absolute Gasteiger partial charge is 0.330 e. The number of hydrogen-bond acceptors (Lipinski definition) is 3. The number of hydrogen-bond donors (Lipinski definition) is 1. The Labute approximate surface area is 135 Å². The quantitative estimate of drug-likeness (QED) is 0.922. The molecule has 1 atom stereocenters. The van der Waals surface area contributed by atoms with Crippen LogP contribution in [0.3, 0.4) is 0 Å². The molecule has 1 aliphatic rings. The Morgan fingerprint density at radius 3 is 2.78 bits per heavy atom. The molecule has 2 aromatic heterocycles. The van der Waals surface area contributed by atoms with Crippen LogP contribution >= 0.6 is 0 Å². The summed E-state index contributed by atoms with van der Waals surface area (Å²) in [5.41, 5.74) is 2.32. The minimum absolute atomic E-state index is 0.0578. The fourth-order valence-electron chi connectivity index (χ4n) is 3.36. The van der Waals surface area contributed by atoms with Crippen LogP contribution in [0.15, 0.2) is 23.1 Å². The van der Waals surface area contributed by atoms with E-state index in [0.29, 0.717) is 6.54 Å². The SMILES string of the molecule is Cc1cc(C)c(C(=O)N2CCCC[C@H]2c2ccn(C)n2)c(=O)[nH]1. The predicted octanol–water partition coefficient (Wildman–Crippen LogP) is 2.09. The monoisotopic (exact) mass is 314 g/mol. The zero-order chi connectivity index (χ0) is 16.6. The lowest BCUT2D eigenvalue weighted by atomic mass is 9.97. The zero-order valence-electron chi connectivity index (χ0n) is 13.8. The summed E-state index contributed by atoms with van der Waals surface area (Å²) in [5.74, 6) is -0.195. The molecule has 0 spiro atoms. The van der Waals surface area contributed by atoms with Gasteiger partial charge in [0.2, 0.25) is 0 Å². The van der Waals surface area contributed by atoms with Gasteiger partial charge in [0.15, 0.2) is 0 Å². The maximum atomic E-state index is 13.0. The number of carbonyl (C=O) groups is 1. The summed E-state index contributed by atoms with van der Waals surface area (Å²) >= 11 is 0. The van der Waals surface area contributed by atoms with Crippen molar-refractivity contribution in [3.63, 3.8) is 0 Å². The number of aromatic nitrogens is 3. The van der Waals surface area contributed by atoms with E-state index in [0.717, 1.165) is 36.2 Å². The number of amides is 1. The molecule has 1 saturated heterocycles. The summed E-state index contributed by atoms with van der Waals surface area (Å²) in [4.78, 5) is 29.8. The number of nitrogens with one attached hydrogen (secondary N) is 1. The van der Waals surface area contributed by atoms with Gasteiger partial charge in [-0.2, -0.15) is 5.10 Å². The summed E-state index contributed by atoms with van der Waals surface area (Å²) in [5, 5.41) is 4.46. The second-order valence-corrected chi connectivity index (χ2v) is 6.26. The van der Waals surface area contributed by atoms with E-state index in [1.807, 2.05) is 39.2 Å². The van der Waals surface area contributed by atoms with Crippen molar-refractivity contribution >= 4 is 5.91 Å². The molecule has 3 heterocycles. The number of aromatic amines is 1. The van der Waals surface area contributed by atoms with E-state index in [1.54, 1.807) is 9.58 Å². The van der Waals surface area contributed by atoms with Crippen molar-refractivity contribution in [2.75, 3.05) is 6.54 Å². The smallest absolute Gasteiger partial charge is 0.261 e. The molecule has 6 nitrogen and oxygen atoms in total.